The van der Waals surface area contributed by atoms with Gasteiger partial charge in [0.05, 0.1) is 12.1 Å². The first-order valence-corrected chi connectivity index (χ1v) is 6.24. The van der Waals surface area contributed by atoms with Gasteiger partial charge in [0.2, 0.25) is 0 Å². The average molecular weight is 309 g/mol. The molecule has 0 aliphatic rings. The number of nitrogens with two attached hydrogens (primary N) is 1. The summed E-state index contributed by atoms with van der Waals surface area (Å²) in [7, 11) is 0. The van der Waals surface area contributed by atoms with Crippen LogP contribution in [0, 0.1) is 6.92 Å². The van der Waals surface area contributed by atoms with E-state index in [2.05, 4.69) is 21.2 Å². The highest BCUT2D eigenvalue weighted by Crippen LogP contribution is 2.19. The van der Waals surface area contributed by atoms with Crippen molar-refractivity contribution in [3.63, 3.8) is 0 Å². The molecule has 4 nitrogen and oxygen atoms in total. The summed E-state index contributed by atoms with van der Waals surface area (Å²) in [5, 5.41) is 2.78. The Bertz CT molecular complexity index is 578. The zero-order valence-electron chi connectivity index (χ0n) is 9.87. The third-order valence-electron chi connectivity index (χ3n) is 2.45. The molecule has 94 valence electrons. The van der Waals surface area contributed by atoms with Crippen LogP contribution in [0.25, 0.3) is 0 Å². The van der Waals surface area contributed by atoms with Crippen molar-refractivity contribution in [2.45, 2.75) is 13.5 Å². The van der Waals surface area contributed by atoms with Crippen molar-refractivity contribution in [2.24, 2.45) is 0 Å². The molecule has 1 amide bonds. The van der Waals surface area contributed by atoms with Gasteiger partial charge in [0.15, 0.2) is 0 Å². The number of benzene rings is 1. The van der Waals surface area contributed by atoms with Crippen LogP contribution in [0.15, 0.2) is 39.2 Å². The van der Waals surface area contributed by atoms with E-state index < -0.39 is 0 Å². The minimum absolute atomic E-state index is 0.191. The molecule has 0 radical (unpaired) electrons. The number of furan rings is 1. The first-order valence-electron chi connectivity index (χ1n) is 5.45. The fourth-order valence-corrected chi connectivity index (χ4v) is 1.99. The molecule has 0 atom stereocenters. The van der Waals surface area contributed by atoms with Crippen LogP contribution < -0.4 is 11.1 Å². The molecule has 0 bridgehead atoms. The van der Waals surface area contributed by atoms with Crippen LogP contribution in [0.5, 0.6) is 0 Å². The monoisotopic (exact) mass is 308 g/mol. The number of anilines is 1. The van der Waals surface area contributed by atoms with E-state index >= 15 is 0 Å². The fourth-order valence-electron chi connectivity index (χ4n) is 1.56. The van der Waals surface area contributed by atoms with Crippen LogP contribution in [-0.4, -0.2) is 5.91 Å². The summed E-state index contributed by atoms with van der Waals surface area (Å²) in [6, 6.07) is 8.81. The van der Waals surface area contributed by atoms with Gasteiger partial charge in [-0.3, -0.25) is 4.79 Å². The smallest absolute Gasteiger partial charge is 0.252 e. The van der Waals surface area contributed by atoms with Crippen molar-refractivity contribution in [2.75, 3.05) is 5.73 Å². The Kier molecular flexibility index (Phi) is 3.72. The van der Waals surface area contributed by atoms with Crippen molar-refractivity contribution < 1.29 is 9.21 Å². The third-order valence-corrected chi connectivity index (χ3v) is 3.15. The van der Waals surface area contributed by atoms with Crippen molar-refractivity contribution in [3.8, 4) is 0 Å². The molecule has 1 aromatic carbocycles. The number of carbonyl (C=O) groups is 1. The lowest BCUT2D eigenvalue weighted by Crippen LogP contribution is -2.23. The summed E-state index contributed by atoms with van der Waals surface area (Å²) < 4.78 is 6.09. The van der Waals surface area contributed by atoms with Gasteiger partial charge in [-0.05, 0) is 53.2 Å². The van der Waals surface area contributed by atoms with Gasteiger partial charge in [0.25, 0.3) is 5.91 Å². The summed E-state index contributed by atoms with van der Waals surface area (Å²) in [5.74, 6) is 1.36. The summed E-state index contributed by atoms with van der Waals surface area (Å²) >= 11 is 3.32. The highest BCUT2D eigenvalue weighted by Gasteiger charge is 2.10. The van der Waals surface area contributed by atoms with Crippen molar-refractivity contribution in [1.29, 1.82) is 0 Å². The second-order valence-corrected chi connectivity index (χ2v) is 4.79. The van der Waals surface area contributed by atoms with E-state index in [1.807, 2.05) is 19.1 Å². The Balaban J connectivity index is 2.05. The van der Waals surface area contributed by atoms with Crippen LogP contribution in [0.3, 0.4) is 0 Å². The summed E-state index contributed by atoms with van der Waals surface area (Å²) in [6.45, 7) is 2.22. The molecular formula is C13H13BrN2O2. The fraction of sp³-hybridized carbons (Fsp3) is 0.154. The molecule has 5 heteroatoms. The van der Waals surface area contributed by atoms with E-state index in [9.17, 15) is 4.79 Å². The number of rotatable bonds is 3. The molecule has 0 saturated heterocycles. The Labute approximate surface area is 113 Å². The van der Waals surface area contributed by atoms with Gasteiger partial charge in [-0.25, -0.2) is 0 Å². The number of halogens is 1. The van der Waals surface area contributed by atoms with Crippen LogP contribution in [0.4, 0.5) is 5.69 Å². The minimum atomic E-state index is -0.191. The van der Waals surface area contributed by atoms with Crippen molar-refractivity contribution >= 4 is 27.5 Å². The number of hydrogen-bond acceptors (Lipinski definition) is 3. The molecule has 2 rings (SSSR count). The van der Waals surface area contributed by atoms with Crippen LogP contribution in [0.1, 0.15) is 21.9 Å². The molecule has 2 aromatic rings. The molecule has 0 unspecified atom stereocenters. The highest BCUT2D eigenvalue weighted by molar-refractivity contribution is 9.10. The first kappa shape index (κ1) is 12.7. The average Bonchev–Trinajstić information content (AvgIpc) is 2.75. The molecule has 0 aliphatic heterocycles. The van der Waals surface area contributed by atoms with Gasteiger partial charge in [-0.1, -0.05) is 0 Å². The maximum absolute atomic E-state index is 12.0. The zero-order chi connectivity index (χ0) is 13.1. The van der Waals surface area contributed by atoms with E-state index in [1.54, 1.807) is 18.2 Å². The van der Waals surface area contributed by atoms with E-state index in [4.69, 9.17) is 10.2 Å². The van der Waals surface area contributed by atoms with E-state index in [0.29, 0.717) is 22.3 Å². The third kappa shape index (κ3) is 2.92. The second kappa shape index (κ2) is 5.27. The van der Waals surface area contributed by atoms with Crippen LogP contribution in [-0.2, 0) is 6.54 Å². The number of nitrogen functional groups attached to an aromatic ring is 1. The predicted molar refractivity (Wildman–Crippen MR) is 73.2 cm³/mol. The standard InChI is InChI=1S/C13H13BrN2O2/c1-8-2-4-10(18-8)7-16-13(17)11-6-9(15)3-5-12(11)14/h2-6H,7,15H2,1H3,(H,16,17). The normalized spacial score (nSPS) is 10.3. The molecule has 3 N–H and O–H groups in total. The number of nitrogens with one attached hydrogen (secondary N) is 1. The summed E-state index contributed by atoms with van der Waals surface area (Å²) in [4.78, 5) is 12.0. The lowest BCUT2D eigenvalue weighted by molar-refractivity contribution is 0.0947. The highest BCUT2D eigenvalue weighted by atomic mass is 79.9. The maximum Gasteiger partial charge on any atom is 0.252 e. The molecule has 0 fully saturated rings. The Hall–Kier alpha value is -1.75. The quantitative estimate of drug-likeness (QED) is 0.857. The Morgan fingerprint density at radius 2 is 2.17 bits per heavy atom. The van der Waals surface area contributed by atoms with E-state index in [-0.39, 0.29) is 5.91 Å². The van der Waals surface area contributed by atoms with Crippen LogP contribution >= 0.6 is 15.9 Å². The Morgan fingerprint density at radius 1 is 1.39 bits per heavy atom. The first-order chi connectivity index (χ1) is 8.56. The molecule has 0 aliphatic carbocycles. The number of amides is 1. The minimum Gasteiger partial charge on any atom is -0.465 e. The van der Waals surface area contributed by atoms with Crippen LogP contribution in [0.2, 0.25) is 0 Å². The molecule has 18 heavy (non-hydrogen) atoms. The summed E-state index contributed by atoms with van der Waals surface area (Å²) in [6.07, 6.45) is 0. The lowest BCUT2D eigenvalue weighted by Gasteiger charge is -2.06. The number of carbonyl (C=O) groups excluding carboxylic acids is 1. The number of aryl methyl sites for hydroxylation is 1. The van der Waals surface area contributed by atoms with Crippen molar-refractivity contribution in [3.05, 3.63) is 51.9 Å². The number of hydrogen-bond donors (Lipinski definition) is 2. The molecular weight excluding hydrogens is 296 g/mol. The molecule has 1 aromatic heterocycles. The maximum atomic E-state index is 12.0. The second-order valence-electron chi connectivity index (χ2n) is 3.93. The van der Waals surface area contributed by atoms with Gasteiger partial charge in [0.1, 0.15) is 11.5 Å². The van der Waals surface area contributed by atoms with E-state index in [0.717, 1.165) is 11.5 Å². The van der Waals surface area contributed by atoms with Gasteiger partial charge >= 0.3 is 0 Å². The lowest BCUT2D eigenvalue weighted by atomic mass is 10.2. The largest absolute Gasteiger partial charge is 0.465 e. The van der Waals surface area contributed by atoms with Gasteiger partial charge in [-0.15, -0.1) is 0 Å². The van der Waals surface area contributed by atoms with Crippen molar-refractivity contribution in [1.82, 2.24) is 5.32 Å². The molecule has 0 saturated carbocycles. The zero-order valence-corrected chi connectivity index (χ0v) is 11.5. The SMILES string of the molecule is Cc1ccc(CNC(=O)c2cc(N)ccc2Br)o1. The molecule has 1 heterocycles. The van der Waals surface area contributed by atoms with Gasteiger partial charge in [0, 0.05) is 10.2 Å². The topological polar surface area (TPSA) is 68.3 Å². The summed E-state index contributed by atoms with van der Waals surface area (Å²) in [5.41, 5.74) is 6.72. The van der Waals surface area contributed by atoms with Gasteiger partial charge in [-0.2, -0.15) is 0 Å². The van der Waals surface area contributed by atoms with E-state index in [1.165, 1.54) is 0 Å². The predicted octanol–water partition coefficient (Wildman–Crippen LogP) is 2.86. The molecule has 0 spiro atoms. The Morgan fingerprint density at radius 3 is 2.83 bits per heavy atom. The van der Waals surface area contributed by atoms with Gasteiger partial charge < -0.3 is 15.5 Å².